The van der Waals surface area contributed by atoms with Crippen LogP contribution in [0.5, 0.6) is 11.5 Å². The highest BCUT2D eigenvalue weighted by Crippen LogP contribution is 2.44. The summed E-state index contributed by atoms with van der Waals surface area (Å²) in [6, 6.07) is 3.96. The molecule has 0 bridgehead atoms. The zero-order chi connectivity index (χ0) is 22.3. The van der Waals surface area contributed by atoms with Crippen molar-refractivity contribution < 1.29 is 24.5 Å². The van der Waals surface area contributed by atoms with Crippen LogP contribution < -0.4 is 9.47 Å². The number of hydrogen-bond donors (Lipinski definition) is 2. The Labute approximate surface area is 183 Å². The fraction of sp³-hybridized carbons (Fsp3) is 0.625. The molecule has 3 unspecified atom stereocenters. The lowest BCUT2D eigenvalue weighted by atomic mass is 9.78. The number of carbonyl (C=O) groups is 1. The summed E-state index contributed by atoms with van der Waals surface area (Å²) in [4.78, 5) is 12.2. The first-order chi connectivity index (χ1) is 14.2. The highest BCUT2D eigenvalue weighted by atomic mass is 31.0. The second-order valence-corrected chi connectivity index (χ2v) is 9.14. The van der Waals surface area contributed by atoms with E-state index in [9.17, 15) is 9.90 Å². The number of aliphatic hydroxyl groups is 2. The maximum absolute atomic E-state index is 12.2. The number of benzene rings is 1. The maximum Gasteiger partial charge on any atom is 0.342 e. The molecule has 3 atom stereocenters. The molecule has 30 heavy (non-hydrogen) atoms. The van der Waals surface area contributed by atoms with Crippen LogP contribution in [0.1, 0.15) is 70.9 Å². The van der Waals surface area contributed by atoms with Gasteiger partial charge in [0.1, 0.15) is 17.1 Å². The minimum Gasteiger partial charge on any atom is -0.487 e. The quantitative estimate of drug-likeness (QED) is 0.243. The molecular formula is C24H37O5P. The van der Waals surface area contributed by atoms with Crippen LogP contribution in [-0.2, 0) is 17.6 Å². The summed E-state index contributed by atoms with van der Waals surface area (Å²) in [5, 5.41) is 18.8. The molecule has 1 aliphatic rings. The van der Waals surface area contributed by atoms with E-state index >= 15 is 0 Å². The van der Waals surface area contributed by atoms with E-state index in [1.165, 1.54) is 5.57 Å². The predicted molar refractivity (Wildman–Crippen MR) is 123 cm³/mol. The normalized spacial score (nSPS) is 19.0. The minimum atomic E-state index is -1.55. The van der Waals surface area contributed by atoms with Gasteiger partial charge in [-0.05, 0) is 70.6 Å². The number of esters is 1. The van der Waals surface area contributed by atoms with E-state index < -0.39 is 18.7 Å². The number of aliphatic hydroxyl groups excluding tert-OH is 2. The van der Waals surface area contributed by atoms with Crippen LogP contribution in [0.3, 0.4) is 0 Å². The van der Waals surface area contributed by atoms with Gasteiger partial charge in [0.05, 0.1) is 6.61 Å². The van der Waals surface area contributed by atoms with Gasteiger partial charge in [-0.3, -0.25) is 0 Å². The highest BCUT2D eigenvalue weighted by Gasteiger charge is 2.38. The van der Waals surface area contributed by atoms with E-state index in [0.717, 1.165) is 61.8 Å². The monoisotopic (exact) mass is 436 g/mol. The number of carbonyl (C=O) groups excluding carboxylic acids is 1. The van der Waals surface area contributed by atoms with E-state index in [1.807, 2.05) is 6.07 Å². The van der Waals surface area contributed by atoms with Crippen molar-refractivity contribution in [1.29, 1.82) is 0 Å². The second kappa shape index (κ2) is 11.3. The van der Waals surface area contributed by atoms with E-state index in [0.29, 0.717) is 5.75 Å². The van der Waals surface area contributed by atoms with Gasteiger partial charge < -0.3 is 19.7 Å². The fourth-order valence-electron chi connectivity index (χ4n) is 3.83. The number of fused-ring (bicyclic) bond motifs is 1. The van der Waals surface area contributed by atoms with Gasteiger partial charge in [-0.1, -0.05) is 31.2 Å². The van der Waals surface area contributed by atoms with Crippen LogP contribution >= 0.6 is 9.24 Å². The average Bonchev–Trinajstić information content (AvgIpc) is 2.70. The molecule has 2 N–H and O–H groups in total. The Hall–Kier alpha value is -1.42. The lowest BCUT2D eigenvalue weighted by Crippen LogP contribution is -2.42. The van der Waals surface area contributed by atoms with Crippen molar-refractivity contribution in [3.63, 3.8) is 0 Å². The first-order valence-electron chi connectivity index (χ1n) is 10.9. The molecule has 2 rings (SSSR count). The minimum absolute atomic E-state index is 0.260. The molecule has 6 heteroatoms. The predicted octanol–water partition coefficient (Wildman–Crippen LogP) is 4.57. The van der Waals surface area contributed by atoms with Crippen molar-refractivity contribution in [1.82, 2.24) is 0 Å². The van der Waals surface area contributed by atoms with Gasteiger partial charge in [0, 0.05) is 11.5 Å². The van der Waals surface area contributed by atoms with Crippen molar-refractivity contribution in [3.8, 4) is 11.5 Å². The van der Waals surface area contributed by atoms with Crippen molar-refractivity contribution >= 4 is 15.2 Å². The number of rotatable bonds is 10. The molecule has 0 radical (unpaired) electrons. The van der Waals surface area contributed by atoms with Gasteiger partial charge in [-0.15, -0.1) is 9.24 Å². The summed E-state index contributed by atoms with van der Waals surface area (Å²) < 4.78 is 12.0. The summed E-state index contributed by atoms with van der Waals surface area (Å²) in [6.07, 6.45) is 5.32. The van der Waals surface area contributed by atoms with Crippen molar-refractivity contribution in [2.24, 2.45) is 5.92 Å². The summed E-state index contributed by atoms with van der Waals surface area (Å²) in [7, 11) is 2.65. The molecule has 168 valence electrons. The molecule has 0 saturated carbocycles. The summed E-state index contributed by atoms with van der Waals surface area (Å²) in [6.45, 7) is 7.85. The summed E-state index contributed by atoms with van der Waals surface area (Å²) in [5.74, 6) is 2.67. The third-order valence-electron chi connectivity index (χ3n) is 5.93. The van der Waals surface area contributed by atoms with Crippen LogP contribution in [0, 0.1) is 5.92 Å². The number of allylic oxidation sites excluding steroid dienone is 1. The topological polar surface area (TPSA) is 76.0 Å². The third-order valence-corrected chi connectivity index (χ3v) is 6.50. The third kappa shape index (κ3) is 6.54. The number of aryl methyl sites for hydroxylation is 1. The number of unbranched alkanes of at least 4 members (excludes halogenated alkanes) is 2. The summed E-state index contributed by atoms with van der Waals surface area (Å²) in [5.41, 5.74) is 2.90. The fourth-order valence-corrected chi connectivity index (χ4v) is 3.99. The largest absolute Gasteiger partial charge is 0.487 e. The molecule has 1 heterocycles. The molecular weight excluding hydrogens is 399 g/mol. The van der Waals surface area contributed by atoms with Crippen LogP contribution in [-0.4, -0.2) is 34.5 Å². The van der Waals surface area contributed by atoms with Crippen molar-refractivity contribution in [2.75, 3.05) is 6.61 Å². The molecule has 0 fully saturated rings. The molecule has 0 spiro atoms. The van der Waals surface area contributed by atoms with Gasteiger partial charge in [0.25, 0.3) is 0 Å². The van der Waals surface area contributed by atoms with Gasteiger partial charge >= 0.3 is 5.97 Å². The van der Waals surface area contributed by atoms with E-state index in [4.69, 9.17) is 14.6 Å². The highest BCUT2D eigenvalue weighted by molar-refractivity contribution is 7.20. The Morgan fingerprint density at radius 1 is 1.40 bits per heavy atom. The van der Waals surface area contributed by atoms with Crippen LogP contribution in [0.15, 0.2) is 23.5 Å². The van der Waals surface area contributed by atoms with Gasteiger partial charge in [0.2, 0.25) is 0 Å². The zero-order valence-corrected chi connectivity index (χ0v) is 19.9. The van der Waals surface area contributed by atoms with Crippen molar-refractivity contribution in [2.45, 2.75) is 84.3 Å². The SMILES string of the molecule is CCCCCc1cc(OC(=O)C(O)CO)c2c(c1)OC(C)(C)C(CC/C(C)=C\P)C2. The molecule has 0 aliphatic carbocycles. The molecule has 0 aromatic heterocycles. The van der Waals surface area contributed by atoms with E-state index in [1.54, 1.807) is 0 Å². The lowest BCUT2D eigenvalue weighted by Gasteiger charge is -2.41. The number of hydrogen-bond acceptors (Lipinski definition) is 5. The first kappa shape index (κ1) is 24.8. The summed E-state index contributed by atoms with van der Waals surface area (Å²) >= 11 is 0. The van der Waals surface area contributed by atoms with Gasteiger partial charge in [-0.2, -0.15) is 0 Å². The lowest BCUT2D eigenvalue weighted by molar-refractivity contribution is -0.145. The molecule has 0 saturated heterocycles. The zero-order valence-electron chi connectivity index (χ0n) is 18.7. The van der Waals surface area contributed by atoms with Gasteiger partial charge in [0.15, 0.2) is 6.10 Å². The Kier molecular flexibility index (Phi) is 9.33. The number of ether oxygens (including phenoxy) is 2. The Morgan fingerprint density at radius 2 is 2.13 bits per heavy atom. The Bertz CT molecular complexity index is 756. The smallest absolute Gasteiger partial charge is 0.342 e. The second-order valence-electron chi connectivity index (χ2n) is 8.81. The molecule has 1 aliphatic heterocycles. The van der Waals surface area contributed by atoms with Gasteiger partial charge in [-0.25, -0.2) is 4.79 Å². The van der Waals surface area contributed by atoms with E-state index in [-0.39, 0.29) is 11.5 Å². The van der Waals surface area contributed by atoms with Crippen molar-refractivity contribution in [3.05, 3.63) is 34.6 Å². The molecule has 5 nitrogen and oxygen atoms in total. The molecule has 1 aromatic carbocycles. The maximum atomic E-state index is 12.2. The molecule has 1 aromatic rings. The van der Waals surface area contributed by atoms with E-state index in [2.05, 4.69) is 48.8 Å². The Morgan fingerprint density at radius 3 is 2.77 bits per heavy atom. The Balaban J connectivity index is 2.35. The van der Waals surface area contributed by atoms with Crippen LogP contribution in [0.25, 0.3) is 0 Å². The van der Waals surface area contributed by atoms with Crippen LogP contribution in [0.2, 0.25) is 0 Å². The average molecular weight is 437 g/mol. The van der Waals surface area contributed by atoms with Crippen LogP contribution in [0.4, 0.5) is 0 Å². The standard InChI is InChI=1S/C24H37O5P/c1-5-6-7-8-17-11-21(28-23(27)20(26)14-25)19-13-18(10-9-16(2)15-30)24(3,4)29-22(19)12-17/h11-12,15,18,20,25-26H,5-10,13-14,30H2,1-4H3/b16-15-. The molecule has 0 amide bonds. The first-order valence-corrected chi connectivity index (χ1v) is 11.6.